The maximum absolute atomic E-state index is 11.0. The van der Waals surface area contributed by atoms with Crippen molar-refractivity contribution in [2.24, 2.45) is 11.7 Å². The van der Waals surface area contributed by atoms with Gasteiger partial charge in [-0.25, -0.2) is 0 Å². The van der Waals surface area contributed by atoms with Crippen LogP contribution in [0.1, 0.15) is 39.0 Å². The summed E-state index contributed by atoms with van der Waals surface area (Å²) in [5.74, 6) is 0.805. The Morgan fingerprint density at radius 3 is 2.85 bits per heavy atom. The molecule has 0 aromatic rings. The summed E-state index contributed by atoms with van der Waals surface area (Å²) in [4.78, 5) is 11.0. The molecule has 0 aromatic heterocycles. The predicted octanol–water partition coefficient (Wildman–Crippen LogP) is 1.03. The minimum Gasteiger partial charge on any atom is -0.352 e. The summed E-state index contributed by atoms with van der Waals surface area (Å²) in [5, 5.41) is 2.97. The maximum Gasteiger partial charge on any atom is 0.233 e. The van der Waals surface area contributed by atoms with E-state index in [4.69, 9.17) is 5.73 Å². The van der Waals surface area contributed by atoms with Gasteiger partial charge in [0.15, 0.2) is 0 Å². The van der Waals surface area contributed by atoms with Crippen LogP contribution in [0.3, 0.4) is 0 Å². The summed E-state index contributed by atoms with van der Waals surface area (Å²) < 4.78 is 0. The quantitative estimate of drug-likeness (QED) is 0.630. The van der Waals surface area contributed by atoms with E-state index in [0.29, 0.717) is 6.04 Å². The molecule has 1 rings (SSSR count). The van der Waals surface area contributed by atoms with Crippen LogP contribution in [0.15, 0.2) is 0 Å². The van der Waals surface area contributed by atoms with E-state index in [9.17, 15) is 4.79 Å². The normalized spacial score (nSPS) is 29.4. The molecule has 13 heavy (non-hydrogen) atoms. The lowest BCUT2D eigenvalue weighted by molar-refractivity contribution is -0.120. The number of carbonyl (C=O) groups excluding carboxylic acids is 1. The van der Waals surface area contributed by atoms with Crippen molar-refractivity contribution in [1.29, 1.82) is 0 Å². The van der Waals surface area contributed by atoms with Crippen molar-refractivity contribution in [3.63, 3.8) is 0 Å². The highest BCUT2D eigenvalue weighted by Crippen LogP contribution is 2.22. The summed E-state index contributed by atoms with van der Waals surface area (Å²) in [6.07, 6.45) is 6.00. The molecule has 0 heterocycles. The number of rotatable bonds is 2. The molecule has 1 aliphatic carbocycles. The van der Waals surface area contributed by atoms with Crippen LogP contribution in [0.5, 0.6) is 0 Å². The van der Waals surface area contributed by atoms with Gasteiger partial charge in [0.05, 0.1) is 6.54 Å². The zero-order valence-corrected chi connectivity index (χ0v) is 8.38. The van der Waals surface area contributed by atoms with Crippen molar-refractivity contribution in [2.45, 2.75) is 45.1 Å². The van der Waals surface area contributed by atoms with Crippen molar-refractivity contribution in [3.8, 4) is 0 Å². The van der Waals surface area contributed by atoms with Gasteiger partial charge in [-0.15, -0.1) is 0 Å². The highest BCUT2D eigenvalue weighted by Gasteiger charge is 2.16. The average Bonchev–Trinajstić information content (AvgIpc) is 2.31. The molecular weight excluding hydrogens is 164 g/mol. The van der Waals surface area contributed by atoms with Crippen LogP contribution in [0.25, 0.3) is 0 Å². The number of hydrogen-bond donors (Lipinski definition) is 2. The minimum atomic E-state index is -0.0143. The molecule has 2 unspecified atom stereocenters. The molecule has 1 amide bonds. The largest absolute Gasteiger partial charge is 0.352 e. The Hall–Kier alpha value is -0.570. The molecule has 0 spiro atoms. The molecular formula is C10H20N2O. The van der Waals surface area contributed by atoms with E-state index in [1.807, 2.05) is 0 Å². The molecule has 3 nitrogen and oxygen atoms in total. The van der Waals surface area contributed by atoms with Gasteiger partial charge in [0.25, 0.3) is 0 Å². The molecule has 3 N–H and O–H groups in total. The second kappa shape index (κ2) is 5.22. The van der Waals surface area contributed by atoms with Crippen LogP contribution in [0.4, 0.5) is 0 Å². The van der Waals surface area contributed by atoms with Crippen LogP contribution in [-0.2, 0) is 4.79 Å². The lowest BCUT2D eigenvalue weighted by Crippen LogP contribution is -2.38. The first-order valence-electron chi connectivity index (χ1n) is 5.21. The van der Waals surface area contributed by atoms with Crippen molar-refractivity contribution in [2.75, 3.05) is 6.54 Å². The minimum absolute atomic E-state index is 0.0143. The molecule has 3 heteroatoms. The fourth-order valence-electron chi connectivity index (χ4n) is 1.92. The zero-order valence-electron chi connectivity index (χ0n) is 8.38. The second-order valence-corrected chi connectivity index (χ2v) is 4.08. The lowest BCUT2D eigenvalue weighted by Gasteiger charge is -2.15. The Morgan fingerprint density at radius 1 is 1.38 bits per heavy atom. The van der Waals surface area contributed by atoms with E-state index >= 15 is 0 Å². The summed E-state index contributed by atoms with van der Waals surface area (Å²) in [6.45, 7) is 2.40. The first kappa shape index (κ1) is 10.5. The molecule has 0 saturated heterocycles. The Morgan fingerprint density at radius 2 is 2.15 bits per heavy atom. The van der Waals surface area contributed by atoms with Gasteiger partial charge in [-0.1, -0.05) is 19.8 Å². The highest BCUT2D eigenvalue weighted by molar-refractivity contribution is 5.78. The molecule has 76 valence electrons. The van der Waals surface area contributed by atoms with E-state index in [0.717, 1.165) is 18.8 Å². The van der Waals surface area contributed by atoms with E-state index in [2.05, 4.69) is 12.2 Å². The van der Waals surface area contributed by atoms with Gasteiger partial charge in [0.2, 0.25) is 5.91 Å². The molecule has 1 saturated carbocycles. The fourth-order valence-corrected chi connectivity index (χ4v) is 1.92. The number of nitrogens with one attached hydrogen (secondary N) is 1. The van der Waals surface area contributed by atoms with E-state index < -0.39 is 0 Å². The van der Waals surface area contributed by atoms with E-state index in [-0.39, 0.29) is 12.5 Å². The number of nitrogens with two attached hydrogens (primary N) is 1. The first-order chi connectivity index (χ1) is 6.22. The first-order valence-corrected chi connectivity index (χ1v) is 5.21. The molecule has 0 aromatic carbocycles. The topological polar surface area (TPSA) is 55.1 Å². The number of carbonyl (C=O) groups is 1. The van der Waals surface area contributed by atoms with Crippen molar-refractivity contribution >= 4 is 5.91 Å². The average molecular weight is 184 g/mol. The van der Waals surface area contributed by atoms with Crippen LogP contribution < -0.4 is 11.1 Å². The van der Waals surface area contributed by atoms with Gasteiger partial charge in [-0.05, 0) is 25.2 Å². The van der Waals surface area contributed by atoms with Crippen molar-refractivity contribution in [1.82, 2.24) is 5.32 Å². The van der Waals surface area contributed by atoms with E-state index in [1.165, 1.54) is 19.3 Å². The smallest absolute Gasteiger partial charge is 0.233 e. The fraction of sp³-hybridized carbons (Fsp3) is 0.900. The lowest BCUT2D eigenvalue weighted by atomic mass is 10.0. The standard InChI is InChI=1S/C10H20N2O/c1-8-3-2-4-9(6-5-8)12-10(13)7-11/h8-9H,2-7,11H2,1H3,(H,12,13). The molecule has 1 fully saturated rings. The monoisotopic (exact) mass is 184 g/mol. The van der Waals surface area contributed by atoms with Gasteiger partial charge in [-0.2, -0.15) is 0 Å². The third-order valence-corrected chi connectivity index (χ3v) is 2.81. The van der Waals surface area contributed by atoms with Crippen molar-refractivity contribution in [3.05, 3.63) is 0 Å². The maximum atomic E-state index is 11.0. The Kier molecular flexibility index (Phi) is 4.22. The van der Waals surface area contributed by atoms with Gasteiger partial charge >= 0.3 is 0 Å². The summed E-state index contributed by atoms with van der Waals surface area (Å²) in [7, 11) is 0. The van der Waals surface area contributed by atoms with E-state index in [1.54, 1.807) is 0 Å². The molecule has 1 aliphatic rings. The molecule has 2 atom stereocenters. The third-order valence-electron chi connectivity index (χ3n) is 2.81. The van der Waals surface area contributed by atoms with Crippen LogP contribution in [0.2, 0.25) is 0 Å². The number of amides is 1. The van der Waals surface area contributed by atoms with Crippen LogP contribution in [0, 0.1) is 5.92 Å². The highest BCUT2D eigenvalue weighted by atomic mass is 16.1. The summed E-state index contributed by atoms with van der Waals surface area (Å²) >= 11 is 0. The second-order valence-electron chi connectivity index (χ2n) is 4.08. The Balaban J connectivity index is 2.29. The zero-order chi connectivity index (χ0) is 9.68. The Labute approximate surface area is 80.1 Å². The van der Waals surface area contributed by atoms with Crippen molar-refractivity contribution < 1.29 is 4.79 Å². The Bertz CT molecular complexity index is 170. The SMILES string of the molecule is CC1CCCC(NC(=O)CN)CC1. The number of hydrogen-bond acceptors (Lipinski definition) is 2. The summed E-state index contributed by atoms with van der Waals surface area (Å²) in [5.41, 5.74) is 5.24. The summed E-state index contributed by atoms with van der Waals surface area (Å²) in [6, 6.07) is 0.376. The van der Waals surface area contributed by atoms with Gasteiger partial charge < -0.3 is 11.1 Å². The third kappa shape index (κ3) is 3.77. The molecule has 0 bridgehead atoms. The van der Waals surface area contributed by atoms with Gasteiger partial charge in [0, 0.05) is 6.04 Å². The van der Waals surface area contributed by atoms with Gasteiger partial charge in [-0.3, -0.25) is 4.79 Å². The molecule has 0 aliphatic heterocycles. The van der Waals surface area contributed by atoms with Gasteiger partial charge in [0.1, 0.15) is 0 Å². The predicted molar refractivity (Wildman–Crippen MR) is 53.2 cm³/mol. The van der Waals surface area contributed by atoms with Crippen LogP contribution in [-0.4, -0.2) is 18.5 Å². The molecule has 0 radical (unpaired) electrons. The van der Waals surface area contributed by atoms with Crippen LogP contribution >= 0.6 is 0 Å².